The summed E-state index contributed by atoms with van der Waals surface area (Å²) in [6.45, 7) is 0.962. The molecule has 6 nitrogen and oxygen atoms in total. The summed E-state index contributed by atoms with van der Waals surface area (Å²) in [5.41, 5.74) is 0.444. The van der Waals surface area contributed by atoms with Crippen LogP contribution < -0.4 is 4.74 Å². The minimum Gasteiger partial charge on any atom is -0.419 e. The van der Waals surface area contributed by atoms with Crippen LogP contribution in [0, 0.1) is 0 Å². The van der Waals surface area contributed by atoms with Crippen molar-refractivity contribution in [1.29, 1.82) is 0 Å². The molecule has 1 aromatic heterocycles. The van der Waals surface area contributed by atoms with Crippen LogP contribution in [0.15, 0.2) is 53.6 Å². The lowest BCUT2D eigenvalue weighted by atomic mass is 10.2. The van der Waals surface area contributed by atoms with Gasteiger partial charge in [0.05, 0.1) is 20.5 Å². The Labute approximate surface area is 178 Å². The van der Waals surface area contributed by atoms with Gasteiger partial charge in [-0.25, -0.2) is 13.2 Å². The largest absolute Gasteiger partial charge is 0.419 e. The van der Waals surface area contributed by atoms with Gasteiger partial charge >= 0.3 is 5.97 Å². The molecule has 0 spiro atoms. The van der Waals surface area contributed by atoms with Crippen LogP contribution in [-0.2, 0) is 10.0 Å². The van der Waals surface area contributed by atoms with E-state index in [2.05, 4.69) is 4.98 Å². The van der Waals surface area contributed by atoms with Crippen molar-refractivity contribution in [3.05, 3.63) is 64.3 Å². The molecule has 3 aromatic rings. The third-order valence-electron chi connectivity index (χ3n) is 4.72. The summed E-state index contributed by atoms with van der Waals surface area (Å²) in [6, 6.07) is 10.7. The lowest BCUT2D eigenvalue weighted by molar-refractivity contribution is 0.0736. The van der Waals surface area contributed by atoms with E-state index < -0.39 is 16.0 Å². The highest BCUT2D eigenvalue weighted by Crippen LogP contribution is 2.37. The van der Waals surface area contributed by atoms with E-state index in [1.165, 1.54) is 40.8 Å². The number of carbonyl (C=O) groups is 1. The number of aromatic nitrogens is 1. The summed E-state index contributed by atoms with van der Waals surface area (Å²) < 4.78 is 32.4. The fourth-order valence-corrected chi connectivity index (χ4v) is 5.37. The van der Waals surface area contributed by atoms with Crippen LogP contribution in [0.3, 0.4) is 0 Å². The van der Waals surface area contributed by atoms with E-state index in [4.69, 9.17) is 27.9 Å². The van der Waals surface area contributed by atoms with Gasteiger partial charge in [0.2, 0.25) is 10.0 Å². The van der Waals surface area contributed by atoms with Gasteiger partial charge in [-0.05, 0) is 49.2 Å². The molecular weight excluding hydrogens is 435 g/mol. The number of hydrogen-bond acceptors (Lipinski definition) is 5. The van der Waals surface area contributed by atoms with Gasteiger partial charge < -0.3 is 4.74 Å². The second-order valence-electron chi connectivity index (χ2n) is 6.60. The van der Waals surface area contributed by atoms with Crippen LogP contribution in [-0.4, -0.2) is 36.8 Å². The molecule has 1 aliphatic heterocycles. The zero-order valence-electron chi connectivity index (χ0n) is 15.1. The first-order valence-electron chi connectivity index (χ1n) is 8.93. The van der Waals surface area contributed by atoms with Gasteiger partial charge in [0.1, 0.15) is 5.52 Å². The summed E-state index contributed by atoms with van der Waals surface area (Å²) in [4.78, 5) is 17.0. The van der Waals surface area contributed by atoms with Crippen LogP contribution in [0.4, 0.5) is 0 Å². The minimum absolute atomic E-state index is 0.0547. The van der Waals surface area contributed by atoms with Crippen LogP contribution in [0.5, 0.6) is 5.75 Å². The van der Waals surface area contributed by atoms with Gasteiger partial charge in [-0.3, -0.25) is 4.98 Å². The number of carbonyl (C=O) groups excluding carboxylic acids is 1. The van der Waals surface area contributed by atoms with Gasteiger partial charge in [0.25, 0.3) is 0 Å². The number of esters is 1. The Morgan fingerprint density at radius 2 is 1.79 bits per heavy atom. The van der Waals surface area contributed by atoms with Crippen LogP contribution in [0.1, 0.15) is 23.2 Å². The number of ether oxygens (including phenoxy) is 1. The van der Waals surface area contributed by atoms with Crippen molar-refractivity contribution >= 4 is 50.1 Å². The Kier molecular flexibility index (Phi) is 5.48. The number of fused-ring (bicyclic) bond motifs is 1. The molecule has 0 bridgehead atoms. The fourth-order valence-electron chi connectivity index (χ4n) is 3.26. The molecule has 0 atom stereocenters. The van der Waals surface area contributed by atoms with Gasteiger partial charge in [-0.15, -0.1) is 0 Å². The topological polar surface area (TPSA) is 76.6 Å². The molecule has 1 saturated heterocycles. The fraction of sp³-hybridized carbons (Fsp3) is 0.200. The van der Waals surface area contributed by atoms with Gasteiger partial charge in [0.15, 0.2) is 5.75 Å². The lowest BCUT2D eigenvalue weighted by Crippen LogP contribution is -2.28. The number of halogens is 2. The Hall–Kier alpha value is -2.19. The summed E-state index contributed by atoms with van der Waals surface area (Å²) in [5.74, 6) is -0.663. The number of pyridine rings is 1. The first-order chi connectivity index (χ1) is 13.9. The monoisotopic (exact) mass is 450 g/mol. The molecule has 1 aliphatic rings. The Morgan fingerprint density at radius 3 is 2.55 bits per heavy atom. The second kappa shape index (κ2) is 7.91. The molecule has 1 fully saturated rings. The first-order valence-corrected chi connectivity index (χ1v) is 11.1. The van der Waals surface area contributed by atoms with E-state index in [-0.39, 0.29) is 21.2 Å². The van der Waals surface area contributed by atoms with E-state index in [1.807, 2.05) is 0 Å². The predicted octanol–water partition coefficient (Wildman–Crippen LogP) is 4.55. The van der Waals surface area contributed by atoms with Crippen molar-refractivity contribution in [2.24, 2.45) is 0 Å². The Balaban J connectivity index is 1.68. The molecule has 0 saturated carbocycles. The van der Waals surface area contributed by atoms with E-state index in [1.54, 1.807) is 12.1 Å². The van der Waals surface area contributed by atoms with Gasteiger partial charge in [-0.1, -0.05) is 29.3 Å². The quantitative estimate of drug-likeness (QED) is 0.430. The number of hydrogen-bond donors (Lipinski definition) is 0. The summed E-state index contributed by atoms with van der Waals surface area (Å²) in [6.07, 6.45) is 3.20. The van der Waals surface area contributed by atoms with Crippen molar-refractivity contribution in [2.45, 2.75) is 17.7 Å². The highest BCUT2D eigenvalue weighted by atomic mass is 35.5. The summed E-state index contributed by atoms with van der Waals surface area (Å²) >= 11 is 12.4. The lowest BCUT2D eigenvalue weighted by Gasteiger charge is -2.16. The predicted molar refractivity (Wildman–Crippen MR) is 111 cm³/mol. The average Bonchev–Trinajstić information content (AvgIpc) is 3.27. The average molecular weight is 451 g/mol. The smallest absolute Gasteiger partial charge is 0.343 e. The molecule has 0 N–H and O–H groups in total. The van der Waals surface area contributed by atoms with E-state index in [9.17, 15) is 13.2 Å². The molecule has 0 unspecified atom stereocenters. The molecule has 0 amide bonds. The summed E-state index contributed by atoms with van der Waals surface area (Å²) in [5, 5.41) is 1.11. The third-order valence-corrected chi connectivity index (χ3v) is 7.21. The zero-order valence-corrected chi connectivity index (χ0v) is 17.5. The van der Waals surface area contributed by atoms with Crippen LogP contribution in [0.25, 0.3) is 10.9 Å². The molecule has 2 heterocycles. The van der Waals surface area contributed by atoms with Crippen molar-refractivity contribution in [3.63, 3.8) is 0 Å². The highest BCUT2D eigenvalue weighted by molar-refractivity contribution is 7.89. The van der Waals surface area contributed by atoms with Crippen molar-refractivity contribution in [3.8, 4) is 5.75 Å². The van der Waals surface area contributed by atoms with Crippen molar-refractivity contribution < 1.29 is 17.9 Å². The number of nitrogens with zero attached hydrogens (tertiary/aromatic N) is 2. The number of benzene rings is 2. The number of sulfonamides is 1. The standard InChI is InChI=1S/C20H16Cl2N2O4S/c21-16-12-17(22)19(18-15(16)7-4-8-23-18)28-20(25)13-5-3-6-14(11-13)29(26,27)24-9-1-2-10-24/h3-8,11-12H,1-2,9-10H2. The molecule has 4 rings (SSSR count). The highest BCUT2D eigenvalue weighted by Gasteiger charge is 2.28. The van der Waals surface area contributed by atoms with E-state index in [0.29, 0.717) is 29.0 Å². The van der Waals surface area contributed by atoms with Crippen molar-refractivity contribution in [2.75, 3.05) is 13.1 Å². The maximum absolute atomic E-state index is 12.8. The molecule has 2 aromatic carbocycles. The Bertz CT molecular complexity index is 1210. The second-order valence-corrected chi connectivity index (χ2v) is 9.35. The van der Waals surface area contributed by atoms with Gasteiger partial charge in [0, 0.05) is 24.7 Å². The molecule has 150 valence electrons. The van der Waals surface area contributed by atoms with Crippen LogP contribution in [0.2, 0.25) is 10.0 Å². The molecule has 29 heavy (non-hydrogen) atoms. The molecule has 0 aliphatic carbocycles. The first kappa shape index (κ1) is 20.1. The minimum atomic E-state index is -3.65. The van der Waals surface area contributed by atoms with Gasteiger partial charge in [-0.2, -0.15) is 4.31 Å². The molecular formula is C20H16Cl2N2O4S. The third kappa shape index (κ3) is 3.83. The molecule has 0 radical (unpaired) electrons. The summed E-state index contributed by atoms with van der Waals surface area (Å²) in [7, 11) is -3.65. The number of rotatable bonds is 4. The van der Waals surface area contributed by atoms with E-state index >= 15 is 0 Å². The SMILES string of the molecule is O=C(Oc1c(Cl)cc(Cl)c2cccnc12)c1cccc(S(=O)(=O)N2CCCC2)c1. The maximum atomic E-state index is 12.8. The van der Waals surface area contributed by atoms with Crippen molar-refractivity contribution in [1.82, 2.24) is 9.29 Å². The van der Waals surface area contributed by atoms with Crippen LogP contribution >= 0.6 is 23.2 Å². The normalized spacial score (nSPS) is 15.0. The molecule has 9 heteroatoms. The van der Waals surface area contributed by atoms with E-state index in [0.717, 1.165) is 12.8 Å². The Morgan fingerprint density at radius 1 is 1.03 bits per heavy atom. The maximum Gasteiger partial charge on any atom is 0.343 e. The zero-order chi connectivity index (χ0) is 20.6.